The molecule has 0 radical (unpaired) electrons. The van der Waals surface area contributed by atoms with Gasteiger partial charge in [0.2, 0.25) is 0 Å². The molecule has 1 unspecified atom stereocenters. The third kappa shape index (κ3) is 4.43. The van der Waals surface area contributed by atoms with Gasteiger partial charge in [0.1, 0.15) is 5.02 Å². The summed E-state index contributed by atoms with van der Waals surface area (Å²) in [6.45, 7) is 8.98. The van der Waals surface area contributed by atoms with Gasteiger partial charge in [-0.15, -0.1) is 0 Å². The van der Waals surface area contributed by atoms with Crippen LogP contribution in [0.4, 0.5) is 5.69 Å². The summed E-state index contributed by atoms with van der Waals surface area (Å²) in [6.07, 6.45) is 2.48. The maximum absolute atomic E-state index is 12.1. The number of nitrogens with zero attached hydrogens (tertiary/aromatic N) is 3. The molecule has 0 aliphatic carbocycles. The maximum atomic E-state index is 12.1. The van der Waals surface area contributed by atoms with Crippen molar-refractivity contribution in [3.8, 4) is 0 Å². The summed E-state index contributed by atoms with van der Waals surface area (Å²) in [7, 11) is 0. The highest BCUT2D eigenvalue weighted by Gasteiger charge is 2.15. The van der Waals surface area contributed by atoms with Crippen LogP contribution in [0.1, 0.15) is 20.3 Å². The minimum atomic E-state index is -0.234. The molecule has 0 spiro atoms. The van der Waals surface area contributed by atoms with Gasteiger partial charge in [-0.05, 0) is 13.3 Å². The van der Waals surface area contributed by atoms with E-state index in [-0.39, 0.29) is 16.6 Å². The van der Waals surface area contributed by atoms with Crippen LogP contribution in [0.15, 0.2) is 11.0 Å². The van der Waals surface area contributed by atoms with E-state index in [9.17, 15) is 4.79 Å². The topological polar surface area (TPSA) is 59.4 Å². The van der Waals surface area contributed by atoms with Crippen molar-refractivity contribution in [2.24, 2.45) is 0 Å². The fourth-order valence-corrected chi connectivity index (χ4v) is 2.62. The Balaban J connectivity index is 1.98. The molecule has 0 amide bonds. The number of anilines is 1. The summed E-state index contributed by atoms with van der Waals surface area (Å²) < 4.78 is 6.74. The average Bonchev–Trinajstić information content (AvgIpc) is 2.48. The molecule has 0 saturated carbocycles. The van der Waals surface area contributed by atoms with Gasteiger partial charge in [-0.2, -0.15) is 5.10 Å². The van der Waals surface area contributed by atoms with E-state index in [4.69, 9.17) is 16.3 Å². The molecule has 1 aromatic heterocycles. The predicted octanol–water partition coefficient (Wildman–Crippen LogP) is 1.44. The smallest absolute Gasteiger partial charge is 0.287 e. The first-order valence-corrected chi connectivity index (χ1v) is 7.82. The van der Waals surface area contributed by atoms with Crippen LogP contribution < -0.4 is 10.9 Å². The van der Waals surface area contributed by atoms with Crippen LogP contribution >= 0.6 is 11.6 Å². The number of aryl methyl sites for hydroxylation is 1. The van der Waals surface area contributed by atoms with Crippen LogP contribution in [0.2, 0.25) is 5.02 Å². The number of halogens is 1. The highest BCUT2D eigenvalue weighted by molar-refractivity contribution is 6.32. The number of hydrogen-bond acceptors (Lipinski definition) is 5. The van der Waals surface area contributed by atoms with Crippen molar-refractivity contribution < 1.29 is 4.74 Å². The Kier molecular flexibility index (Phi) is 6.02. The van der Waals surface area contributed by atoms with Gasteiger partial charge in [0.05, 0.1) is 25.1 Å². The number of nitrogens with one attached hydrogen (secondary N) is 1. The minimum Gasteiger partial charge on any atom is -0.379 e. The monoisotopic (exact) mass is 314 g/mol. The third-order valence-electron chi connectivity index (χ3n) is 3.46. The van der Waals surface area contributed by atoms with E-state index in [1.54, 1.807) is 6.20 Å². The lowest BCUT2D eigenvalue weighted by Gasteiger charge is -2.29. The molecule has 118 valence electrons. The highest BCUT2D eigenvalue weighted by atomic mass is 35.5. The summed E-state index contributed by atoms with van der Waals surface area (Å²) in [5.74, 6) is 0. The van der Waals surface area contributed by atoms with Crippen molar-refractivity contribution in [1.29, 1.82) is 0 Å². The molecule has 1 fully saturated rings. The van der Waals surface area contributed by atoms with Gasteiger partial charge >= 0.3 is 0 Å². The Bertz CT molecular complexity index is 514. The SMILES string of the molecule is CCCn1ncc(NC(C)CN2CCOCC2)c(Cl)c1=O. The second-order valence-corrected chi connectivity index (χ2v) is 5.74. The molecule has 2 rings (SSSR count). The molecule has 1 atom stereocenters. The molecular formula is C14H23ClN4O2. The average molecular weight is 315 g/mol. The number of aromatic nitrogens is 2. The molecule has 2 heterocycles. The lowest BCUT2D eigenvalue weighted by Crippen LogP contribution is -2.42. The number of ether oxygens (including phenoxy) is 1. The van der Waals surface area contributed by atoms with E-state index in [0.29, 0.717) is 12.2 Å². The van der Waals surface area contributed by atoms with E-state index >= 15 is 0 Å². The molecule has 1 aliphatic rings. The number of rotatable bonds is 6. The van der Waals surface area contributed by atoms with Crippen molar-refractivity contribution in [3.63, 3.8) is 0 Å². The molecule has 1 N–H and O–H groups in total. The van der Waals surface area contributed by atoms with Crippen molar-refractivity contribution in [1.82, 2.24) is 14.7 Å². The van der Waals surface area contributed by atoms with Gasteiger partial charge in [0.25, 0.3) is 5.56 Å². The molecule has 1 aromatic rings. The van der Waals surface area contributed by atoms with E-state index in [0.717, 1.165) is 39.3 Å². The molecular weight excluding hydrogens is 292 g/mol. The van der Waals surface area contributed by atoms with Crippen molar-refractivity contribution >= 4 is 17.3 Å². The fourth-order valence-electron chi connectivity index (χ4n) is 2.42. The second-order valence-electron chi connectivity index (χ2n) is 5.36. The lowest BCUT2D eigenvalue weighted by atomic mass is 10.2. The van der Waals surface area contributed by atoms with E-state index in [1.807, 2.05) is 6.92 Å². The highest BCUT2D eigenvalue weighted by Crippen LogP contribution is 2.16. The van der Waals surface area contributed by atoms with Gasteiger partial charge in [-0.25, -0.2) is 4.68 Å². The van der Waals surface area contributed by atoms with E-state index < -0.39 is 0 Å². The van der Waals surface area contributed by atoms with Gasteiger partial charge in [-0.1, -0.05) is 18.5 Å². The van der Waals surface area contributed by atoms with Crippen LogP contribution in [-0.4, -0.2) is 53.6 Å². The van der Waals surface area contributed by atoms with Crippen LogP contribution in [0.25, 0.3) is 0 Å². The molecule has 0 aromatic carbocycles. The predicted molar refractivity (Wildman–Crippen MR) is 84.1 cm³/mol. The van der Waals surface area contributed by atoms with E-state index in [2.05, 4.69) is 22.2 Å². The van der Waals surface area contributed by atoms with Crippen molar-refractivity contribution in [2.75, 3.05) is 38.2 Å². The Morgan fingerprint density at radius 1 is 1.48 bits per heavy atom. The Hall–Kier alpha value is -1.11. The summed E-state index contributed by atoms with van der Waals surface area (Å²) in [4.78, 5) is 14.4. The first-order chi connectivity index (χ1) is 10.1. The number of morpholine rings is 1. The molecule has 21 heavy (non-hydrogen) atoms. The summed E-state index contributed by atoms with van der Waals surface area (Å²) in [6, 6.07) is 0.184. The molecule has 1 saturated heterocycles. The molecule has 0 bridgehead atoms. The summed E-state index contributed by atoms with van der Waals surface area (Å²) in [5.41, 5.74) is 0.372. The minimum absolute atomic E-state index is 0.184. The van der Waals surface area contributed by atoms with Crippen LogP contribution in [-0.2, 0) is 11.3 Å². The fraction of sp³-hybridized carbons (Fsp3) is 0.714. The molecule has 1 aliphatic heterocycles. The van der Waals surface area contributed by atoms with Gasteiger partial charge < -0.3 is 10.1 Å². The summed E-state index contributed by atoms with van der Waals surface area (Å²) in [5, 5.41) is 7.64. The van der Waals surface area contributed by atoms with Gasteiger partial charge in [0.15, 0.2) is 0 Å². The standard InChI is InChI=1S/C14H23ClN4O2/c1-3-4-19-14(20)13(15)12(9-16-19)17-11(2)10-18-5-7-21-8-6-18/h9,11,17H,3-8,10H2,1-2H3. The summed E-state index contributed by atoms with van der Waals surface area (Å²) >= 11 is 6.15. The van der Waals surface area contributed by atoms with Crippen LogP contribution in [0, 0.1) is 0 Å². The molecule has 7 heteroatoms. The molecule has 6 nitrogen and oxygen atoms in total. The van der Waals surface area contributed by atoms with Gasteiger partial charge in [0, 0.05) is 32.2 Å². The zero-order valence-electron chi connectivity index (χ0n) is 12.6. The largest absolute Gasteiger partial charge is 0.379 e. The zero-order chi connectivity index (χ0) is 15.2. The Morgan fingerprint density at radius 3 is 2.86 bits per heavy atom. The van der Waals surface area contributed by atoms with Crippen LogP contribution in [0.3, 0.4) is 0 Å². The zero-order valence-corrected chi connectivity index (χ0v) is 13.4. The van der Waals surface area contributed by atoms with Gasteiger partial charge in [-0.3, -0.25) is 9.69 Å². The van der Waals surface area contributed by atoms with E-state index in [1.165, 1.54) is 4.68 Å². The third-order valence-corrected chi connectivity index (χ3v) is 3.82. The van der Waals surface area contributed by atoms with Crippen LogP contribution in [0.5, 0.6) is 0 Å². The lowest BCUT2D eigenvalue weighted by molar-refractivity contribution is 0.0368. The van der Waals surface area contributed by atoms with Crippen molar-refractivity contribution in [3.05, 3.63) is 21.6 Å². The number of hydrogen-bond donors (Lipinski definition) is 1. The Labute approximate surface area is 130 Å². The second kappa shape index (κ2) is 7.77. The first-order valence-electron chi connectivity index (χ1n) is 7.44. The van der Waals surface area contributed by atoms with Crippen molar-refractivity contribution in [2.45, 2.75) is 32.9 Å². The maximum Gasteiger partial charge on any atom is 0.287 e. The normalized spacial score (nSPS) is 17.7. The first kappa shape index (κ1) is 16.3. The Morgan fingerprint density at radius 2 is 2.19 bits per heavy atom. The quantitative estimate of drug-likeness (QED) is 0.861.